The number of benzene rings is 2. The lowest BCUT2D eigenvalue weighted by Crippen LogP contribution is -2.30. The molecule has 2 N–H and O–H groups in total. The number of rotatable bonds is 7. The van der Waals surface area contributed by atoms with Crippen LogP contribution in [0.1, 0.15) is 31.4 Å². The van der Waals surface area contributed by atoms with E-state index in [2.05, 4.69) is 10.0 Å². The maximum absolute atomic E-state index is 13.1. The van der Waals surface area contributed by atoms with Gasteiger partial charge in [0.1, 0.15) is 10.6 Å². The number of amides is 1. The molecule has 1 saturated carbocycles. The Kier molecular flexibility index (Phi) is 5.74. The summed E-state index contributed by atoms with van der Waals surface area (Å²) in [7, 11) is -2.48. The van der Waals surface area contributed by atoms with E-state index in [9.17, 15) is 13.2 Å². The summed E-state index contributed by atoms with van der Waals surface area (Å²) in [4.78, 5) is 11.3. The van der Waals surface area contributed by atoms with Crippen LogP contribution in [0.15, 0.2) is 47.4 Å². The normalized spacial score (nSPS) is 15.2. The van der Waals surface area contributed by atoms with Crippen molar-refractivity contribution in [2.24, 2.45) is 5.92 Å². The average molecular weight is 409 g/mol. The second-order valence-corrected chi connectivity index (χ2v) is 8.65. The van der Waals surface area contributed by atoms with Crippen LogP contribution in [0.4, 0.5) is 5.69 Å². The number of nitrogens with one attached hydrogen (secondary N) is 2. The number of anilines is 1. The van der Waals surface area contributed by atoms with Gasteiger partial charge in [0, 0.05) is 23.7 Å². The van der Waals surface area contributed by atoms with Crippen LogP contribution in [0, 0.1) is 5.92 Å². The minimum absolute atomic E-state index is 0.0177. The quantitative estimate of drug-likeness (QED) is 0.730. The predicted octanol–water partition coefficient (Wildman–Crippen LogP) is 3.74. The van der Waals surface area contributed by atoms with E-state index in [1.165, 1.54) is 26.2 Å². The SMILES string of the molecule is COc1ccc(NC(C)=O)cc1S(=O)(=O)N[C@@H](c1ccc(Cl)cc1)C1CC1. The molecule has 1 aliphatic rings. The molecule has 27 heavy (non-hydrogen) atoms. The fourth-order valence-electron chi connectivity index (χ4n) is 2.93. The van der Waals surface area contributed by atoms with Gasteiger partial charge in [-0.1, -0.05) is 23.7 Å². The molecule has 8 heteroatoms. The first-order valence-corrected chi connectivity index (χ1v) is 10.4. The number of hydrogen-bond donors (Lipinski definition) is 2. The van der Waals surface area contributed by atoms with Crippen molar-refractivity contribution in [3.05, 3.63) is 53.1 Å². The van der Waals surface area contributed by atoms with E-state index < -0.39 is 10.0 Å². The van der Waals surface area contributed by atoms with Gasteiger partial charge in [0.2, 0.25) is 15.9 Å². The Labute approximate surface area is 163 Å². The van der Waals surface area contributed by atoms with Gasteiger partial charge in [-0.3, -0.25) is 4.79 Å². The summed E-state index contributed by atoms with van der Waals surface area (Å²) in [5.41, 5.74) is 1.25. The van der Waals surface area contributed by atoms with Gasteiger partial charge >= 0.3 is 0 Å². The number of ether oxygens (including phenoxy) is 1. The third-order valence-corrected chi connectivity index (χ3v) is 6.09. The van der Waals surface area contributed by atoms with Crippen LogP contribution in [-0.4, -0.2) is 21.4 Å². The number of sulfonamides is 1. The Bertz CT molecular complexity index is 941. The topological polar surface area (TPSA) is 84.5 Å². The Balaban J connectivity index is 1.94. The van der Waals surface area contributed by atoms with E-state index in [1.54, 1.807) is 18.2 Å². The number of methoxy groups -OCH3 is 1. The molecule has 0 unspecified atom stereocenters. The van der Waals surface area contributed by atoms with Crippen LogP contribution in [0.3, 0.4) is 0 Å². The fourth-order valence-corrected chi connectivity index (χ4v) is 4.55. The first kappa shape index (κ1) is 19.7. The highest BCUT2D eigenvalue weighted by Crippen LogP contribution is 2.42. The van der Waals surface area contributed by atoms with Crippen LogP contribution in [0.25, 0.3) is 0 Å². The monoisotopic (exact) mass is 408 g/mol. The third-order valence-electron chi connectivity index (χ3n) is 4.38. The minimum atomic E-state index is -3.88. The van der Waals surface area contributed by atoms with Gasteiger partial charge in [-0.2, -0.15) is 0 Å². The molecule has 0 aromatic heterocycles. The molecule has 2 aromatic carbocycles. The third kappa shape index (κ3) is 4.80. The second-order valence-electron chi connectivity index (χ2n) is 6.53. The second kappa shape index (κ2) is 7.88. The Hall–Kier alpha value is -2.09. The summed E-state index contributed by atoms with van der Waals surface area (Å²) in [5, 5.41) is 3.19. The maximum Gasteiger partial charge on any atom is 0.244 e. The molecule has 0 heterocycles. The summed E-state index contributed by atoms with van der Waals surface area (Å²) >= 11 is 5.95. The Morgan fingerprint density at radius 2 is 1.85 bits per heavy atom. The van der Waals surface area contributed by atoms with Crippen molar-refractivity contribution in [3.8, 4) is 5.75 Å². The highest BCUT2D eigenvalue weighted by Gasteiger charge is 2.36. The number of carbonyl (C=O) groups is 1. The Morgan fingerprint density at radius 3 is 2.41 bits per heavy atom. The van der Waals surface area contributed by atoms with Crippen molar-refractivity contribution < 1.29 is 17.9 Å². The summed E-state index contributed by atoms with van der Waals surface area (Å²) < 4.78 is 34.2. The molecule has 2 aromatic rings. The van der Waals surface area contributed by atoms with Crippen LogP contribution < -0.4 is 14.8 Å². The van der Waals surface area contributed by atoms with Crippen LogP contribution in [0.5, 0.6) is 5.75 Å². The molecule has 144 valence electrons. The molecule has 1 amide bonds. The van der Waals surface area contributed by atoms with E-state index in [-0.39, 0.29) is 28.5 Å². The number of carbonyl (C=O) groups excluding carboxylic acids is 1. The standard InChI is InChI=1S/C19H21ClN2O4S/c1-12(23)21-16-9-10-17(26-2)18(11-16)27(24,25)22-19(13-3-4-13)14-5-7-15(20)8-6-14/h5-11,13,19,22H,3-4H2,1-2H3,(H,21,23)/t19-/m1/s1. The van der Waals surface area contributed by atoms with Crippen LogP contribution in [0.2, 0.25) is 5.02 Å². The molecular weight excluding hydrogens is 388 g/mol. The summed E-state index contributed by atoms with van der Waals surface area (Å²) in [6.45, 7) is 1.36. The molecule has 1 aliphatic carbocycles. The smallest absolute Gasteiger partial charge is 0.244 e. The number of halogens is 1. The summed E-state index contributed by atoms with van der Waals surface area (Å²) in [6.07, 6.45) is 1.91. The molecule has 3 rings (SSSR count). The van der Waals surface area contributed by atoms with Crippen molar-refractivity contribution in [1.29, 1.82) is 0 Å². The zero-order valence-electron chi connectivity index (χ0n) is 15.0. The molecule has 0 saturated heterocycles. The van der Waals surface area contributed by atoms with Gasteiger partial charge < -0.3 is 10.1 Å². The van der Waals surface area contributed by atoms with Crippen LogP contribution in [-0.2, 0) is 14.8 Å². The fraction of sp³-hybridized carbons (Fsp3) is 0.316. The molecule has 0 radical (unpaired) electrons. The van der Waals surface area contributed by atoms with E-state index in [0.29, 0.717) is 10.7 Å². The zero-order valence-corrected chi connectivity index (χ0v) is 16.6. The van der Waals surface area contributed by atoms with Gasteiger partial charge in [-0.05, 0) is 54.7 Å². The van der Waals surface area contributed by atoms with Gasteiger partial charge in [0.15, 0.2) is 0 Å². The van der Waals surface area contributed by atoms with Gasteiger partial charge in [-0.15, -0.1) is 0 Å². The summed E-state index contributed by atoms with van der Waals surface area (Å²) in [6, 6.07) is 11.3. The molecule has 0 aliphatic heterocycles. The molecule has 0 bridgehead atoms. The molecule has 6 nitrogen and oxygen atoms in total. The lowest BCUT2D eigenvalue weighted by molar-refractivity contribution is -0.114. The van der Waals surface area contributed by atoms with Gasteiger partial charge in [-0.25, -0.2) is 13.1 Å². The first-order chi connectivity index (χ1) is 12.8. The number of hydrogen-bond acceptors (Lipinski definition) is 4. The minimum Gasteiger partial charge on any atom is -0.495 e. The molecule has 1 atom stereocenters. The maximum atomic E-state index is 13.1. The van der Waals surface area contributed by atoms with E-state index >= 15 is 0 Å². The van der Waals surface area contributed by atoms with Crippen molar-refractivity contribution in [3.63, 3.8) is 0 Å². The van der Waals surface area contributed by atoms with E-state index in [1.807, 2.05) is 12.1 Å². The van der Waals surface area contributed by atoms with Crippen molar-refractivity contribution >= 4 is 33.2 Å². The van der Waals surface area contributed by atoms with E-state index in [0.717, 1.165) is 18.4 Å². The van der Waals surface area contributed by atoms with Crippen molar-refractivity contribution in [2.45, 2.75) is 30.7 Å². The van der Waals surface area contributed by atoms with Crippen LogP contribution >= 0.6 is 11.6 Å². The van der Waals surface area contributed by atoms with Crippen molar-refractivity contribution in [2.75, 3.05) is 12.4 Å². The van der Waals surface area contributed by atoms with Gasteiger partial charge in [0.05, 0.1) is 7.11 Å². The average Bonchev–Trinajstić information content (AvgIpc) is 3.45. The lowest BCUT2D eigenvalue weighted by atomic mass is 10.0. The highest BCUT2D eigenvalue weighted by atomic mass is 35.5. The lowest BCUT2D eigenvalue weighted by Gasteiger charge is -2.20. The largest absolute Gasteiger partial charge is 0.495 e. The summed E-state index contributed by atoms with van der Waals surface area (Å²) in [5.74, 6) is 0.168. The van der Waals surface area contributed by atoms with E-state index in [4.69, 9.17) is 16.3 Å². The first-order valence-electron chi connectivity index (χ1n) is 8.53. The zero-order chi connectivity index (χ0) is 19.6. The molecule has 0 spiro atoms. The molecule has 1 fully saturated rings. The molecular formula is C19H21ClN2O4S. The van der Waals surface area contributed by atoms with Gasteiger partial charge in [0.25, 0.3) is 0 Å². The predicted molar refractivity (Wildman–Crippen MR) is 105 cm³/mol. The Morgan fingerprint density at radius 1 is 1.19 bits per heavy atom. The highest BCUT2D eigenvalue weighted by molar-refractivity contribution is 7.89. The van der Waals surface area contributed by atoms with Crippen molar-refractivity contribution in [1.82, 2.24) is 4.72 Å².